The van der Waals surface area contributed by atoms with Crippen molar-refractivity contribution < 1.29 is 13.2 Å². The Morgan fingerprint density at radius 1 is 1.47 bits per heavy atom. The number of rotatable bonds is 5. The molecule has 0 aromatic carbocycles. The lowest BCUT2D eigenvalue weighted by Crippen LogP contribution is -2.22. The third-order valence-electron chi connectivity index (χ3n) is 3.37. The topological polar surface area (TPSA) is 51.2 Å². The Labute approximate surface area is 92.2 Å². The lowest BCUT2D eigenvalue weighted by atomic mass is 10.1. The Morgan fingerprint density at radius 3 is 2.60 bits per heavy atom. The van der Waals surface area contributed by atoms with Crippen LogP contribution in [0.4, 0.5) is 0 Å². The molecular formula is C11H20O3S. The standard InChI is InChI=1S/C11H20O3S/c1-3-9(2)15(13,14)8-7-10-5-4-6-11(10)12/h9-10H,3-8H2,1-2H3. The van der Waals surface area contributed by atoms with Gasteiger partial charge in [-0.3, -0.25) is 4.79 Å². The van der Waals surface area contributed by atoms with Gasteiger partial charge in [-0.1, -0.05) is 6.92 Å². The fourth-order valence-corrected chi connectivity index (χ4v) is 3.48. The highest BCUT2D eigenvalue weighted by molar-refractivity contribution is 7.91. The van der Waals surface area contributed by atoms with Crippen molar-refractivity contribution in [3.63, 3.8) is 0 Å². The van der Waals surface area contributed by atoms with Crippen LogP contribution >= 0.6 is 0 Å². The summed E-state index contributed by atoms with van der Waals surface area (Å²) in [6, 6.07) is 0. The van der Waals surface area contributed by atoms with Crippen molar-refractivity contribution in [3.05, 3.63) is 0 Å². The minimum absolute atomic E-state index is 0.0174. The van der Waals surface area contributed by atoms with Gasteiger partial charge in [-0.05, 0) is 32.6 Å². The van der Waals surface area contributed by atoms with E-state index in [0.717, 1.165) is 12.8 Å². The normalized spacial score (nSPS) is 24.4. The Balaban J connectivity index is 2.46. The summed E-state index contributed by atoms with van der Waals surface area (Å²) >= 11 is 0. The first-order valence-corrected chi connectivity index (χ1v) is 7.43. The maximum Gasteiger partial charge on any atom is 0.152 e. The van der Waals surface area contributed by atoms with Crippen molar-refractivity contribution in [2.45, 2.75) is 51.2 Å². The third kappa shape index (κ3) is 3.30. The van der Waals surface area contributed by atoms with E-state index in [1.807, 2.05) is 6.92 Å². The molecule has 3 nitrogen and oxygen atoms in total. The van der Waals surface area contributed by atoms with Gasteiger partial charge in [0, 0.05) is 12.3 Å². The number of hydrogen-bond donors (Lipinski definition) is 0. The van der Waals surface area contributed by atoms with Crippen LogP contribution < -0.4 is 0 Å². The molecule has 0 heterocycles. The van der Waals surface area contributed by atoms with Crippen LogP contribution in [0.3, 0.4) is 0 Å². The van der Waals surface area contributed by atoms with Gasteiger partial charge in [0.2, 0.25) is 0 Å². The highest BCUT2D eigenvalue weighted by Crippen LogP contribution is 2.25. The van der Waals surface area contributed by atoms with Crippen molar-refractivity contribution in [2.75, 3.05) is 5.75 Å². The molecule has 0 N–H and O–H groups in total. The molecule has 0 radical (unpaired) electrons. The van der Waals surface area contributed by atoms with E-state index < -0.39 is 9.84 Å². The minimum Gasteiger partial charge on any atom is -0.299 e. The SMILES string of the molecule is CCC(C)S(=O)(=O)CCC1CCCC1=O. The molecule has 1 aliphatic rings. The average molecular weight is 232 g/mol. The largest absolute Gasteiger partial charge is 0.299 e. The fourth-order valence-electron chi connectivity index (χ4n) is 1.95. The Morgan fingerprint density at radius 2 is 2.13 bits per heavy atom. The van der Waals surface area contributed by atoms with Gasteiger partial charge in [0.1, 0.15) is 5.78 Å². The molecule has 1 rings (SSSR count). The quantitative estimate of drug-likeness (QED) is 0.728. The van der Waals surface area contributed by atoms with E-state index in [0.29, 0.717) is 19.3 Å². The van der Waals surface area contributed by atoms with E-state index >= 15 is 0 Å². The van der Waals surface area contributed by atoms with Crippen LogP contribution in [0.5, 0.6) is 0 Å². The summed E-state index contributed by atoms with van der Waals surface area (Å²) in [5, 5.41) is -0.269. The van der Waals surface area contributed by atoms with Crippen LogP contribution in [0.25, 0.3) is 0 Å². The molecule has 1 saturated carbocycles. The molecule has 0 aromatic rings. The molecule has 2 unspecified atom stereocenters. The number of ketones is 1. The first-order valence-electron chi connectivity index (χ1n) is 5.71. The fraction of sp³-hybridized carbons (Fsp3) is 0.909. The molecule has 88 valence electrons. The smallest absolute Gasteiger partial charge is 0.152 e. The van der Waals surface area contributed by atoms with E-state index in [2.05, 4.69) is 0 Å². The maximum atomic E-state index is 11.7. The van der Waals surface area contributed by atoms with Crippen LogP contribution in [0.15, 0.2) is 0 Å². The second-order valence-electron chi connectivity index (χ2n) is 4.43. The molecule has 1 aliphatic carbocycles. The molecule has 0 saturated heterocycles. The van der Waals surface area contributed by atoms with Crippen molar-refractivity contribution in [3.8, 4) is 0 Å². The molecule has 0 amide bonds. The summed E-state index contributed by atoms with van der Waals surface area (Å²) in [5.74, 6) is 0.455. The Kier molecular flexibility index (Phi) is 4.32. The monoisotopic (exact) mass is 232 g/mol. The van der Waals surface area contributed by atoms with Gasteiger partial charge in [0.15, 0.2) is 9.84 Å². The first-order chi connectivity index (χ1) is 6.97. The third-order valence-corrected chi connectivity index (χ3v) is 5.73. The van der Waals surface area contributed by atoms with Gasteiger partial charge >= 0.3 is 0 Å². The zero-order valence-corrected chi connectivity index (χ0v) is 10.3. The van der Waals surface area contributed by atoms with E-state index in [9.17, 15) is 13.2 Å². The zero-order valence-electron chi connectivity index (χ0n) is 9.53. The highest BCUT2D eigenvalue weighted by atomic mass is 32.2. The van der Waals surface area contributed by atoms with Gasteiger partial charge in [-0.2, -0.15) is 0 Å². The zero-order chi connectivity index (χ0) is 11.5. The number of sulfone groups is 1. The van der Waals surface area contributed by atoms with Crippen molar-refractivity contribution in [1.29, 1.82) is 0 Å². The summed E-state index contributed by atoms with van der Waals surface area (Å²) in [7, 11) is -2.97. The second-order valence-corrected chi connectivity index (χ2v) is 6.97. The number of carbonyl (C=O) groups is 1. The molecule has 0 bridgehead atoms. The van der Waals surface area contributed by atoms with Gasteiger partial charge in [0.05, 0.1) is 11.0 Å². The van der Waals surface area contributed by atoms with Gasteiger partial charge in [-0.25, -0.2) is 8.42 Å². The predicted octanol–water partition coefficient (Wildman–Crippen LogP) is 1.96. The van der Waals surface area contributed by atoms with Crippen LogP contribution in [-0.2, 0) is 14.6 Å². The summed E-state index contributed by atoms with van der Waals surface area (Å²) < 4.78 is 23.4. The molecule has 0 spiro atoms. The summed E-state index contributed by atoms with van der Waals surface area (Å²) in [4.78, 5) is 11.3. The lowest BCUT2D eigenvalue weighted by Gasteiger charge is -2.12. The van der Waals surface area contributed by atoms with Crippen LogP contribution in [-0.4, -0.2) is 25.2 Å². The lowest BCUT2D eigenvalue weighted by molar-refractivity contribution is -0.120. The first kappa shape index (κ1) is 12.7. The van der Waals surface area contributed by atoms with Crippen molar-refractivity contribution in [2.24, 2.45) is 5.92 Å². The molecule has 15 heavy (non-hydrogen) atoms. The van der Waals surface area contributed by atoms with E-state index in [1.54, 1.807) is 6.92 Å². The molecule has 4 heteroatoms. The molecular weight excluding hydrogens is 212 g/mol. The molecule has 0 aromatic heterocycles. The van der Waals surface area contributed by atoms with Crippen LogP contribution in [0.2, 0.25) is 0 Å². The van der Waals surface area contributed by atoms with E-state index in [-0.39, 0.29) is 22.7 Å². The summed E-state index contributed by atoms with van der Waals surface area (Å²) in [6.45, 7) is 3.62. The van der Waals surface area contributed by atoms with E-state index in [1.165, 1.54) is 0 Å². The van der Waals surface area contributed by atoms with Gasteiger partial charge in [-0.15, -0.1) is 0 Å². The summed E-state index contributed by atoms with van der Waals surface area (Å²) in [5.41, 5.74) is 0. The molecule has 1 fully saturated rings. The number of carbonyl (C=O) groups excluding carboxylic acids is 1. The highest BCUT2D eigenvalue weighted by Gasteiger charge is 2.27. The minimum atomic E-state index is -2.97. The Hall–Kier alpha value is -0.380. The number of Topliss-reactive ketones (excluding diaryl/α,β-unsaturated/α-hetero) is 1. The maximum absolute atomic E-state index is 11.7. The number of hydrogen-bond acceptors (Lipinski definition) is 3. The molecule has 0 aliphatic heterocycles. The Bertz CT molecular complexity index is 319. The molecule has 2 atom stereocenters. The van der Waals surface area contributed by atoms with Crippen molar-refractivity contribution >= 4 is 15.6 Å². The predicted molar refractivity (Wildman–Crippen MR) is 60.5 cm³/mol. The van der Waals surface area contributed by atoms with Crippen LogP contribution in [0.1, 0.15) is 46.0 Å². The van der Waals surface area contributed by atoms with Gasteiger partial charge < -0.3 is 0 Å². The second kappa shape index (κ2) is 5.10. The van der Waals surface area contributed by atoms with Crippen molar-refractivity contribution in [1.82, 2.24) is 0 Å². The van der Waals surface area contributed by atoms with E-state index in [4.69, 9.17) is 0 Å². The summed E-state index contributed by atoms with van der Waals surface area (Å²) in [6.07, 6.45) is 3.65. The van der Waals surface area contributed by atoms with Gasteiger partial charge in [0.25, 0.3) is 0 Å². The average Bonchev–Trinajstić information content (AvgIpc) is 2.60. The van der Waals surface area contributed by atoms with Crippen LogP contribution in [0, 0.1) is 5.92 Å².